The maximum absolute atomic E-state index is 13.3. The fourth-order valence-electron chi connectivity index (χ4n) is 2.42. The van der Waals surface area contributed by atoms with Crippen molar-refractivity contribution in [3.63, 3.8) is 0 Å². The molecule has 0 bridgehead atoms. The standard InChI is InChI=1S/C17H16BrFN2O3/c18-15-7-6-14(24-15)17(23)20-9-16(22)21(13-4-5-13)10-11-2-1-3-12(19)8-11/h1-3,6-8,13H,4-5,9-10H2,(H,20,23). The summed E-state index contributed by atoms with van der Waals surface area (Å²) >= 11 is 3.12. The molecule has 2 aromatic rings. The number of benzene rings is 1. The van der Waals surface area contributed by atoms with Crippen LogP contribution in [0.25, 0.3) is 0 Å². The van der Waals surface area contributed by atoms with Gasteiger partial charge in [-0.25, -0.2) is 4.39 Å². The molecular formula is C17H16BrFN2O3. The molecule has 7 heteroatoms. The maximum Gasteiger partial charge on any atom is 0.287 e. The Balaban J connectivity index is 1.59. The first-order valence-corrected chi connectivity index (χ1v) is 8.39. The largest absolute Gasteiger partial charge is 0.444 e. The van der Waals surface area contributed by atoms with Crippen LogP contribution in [0.1, 0.15) is 29.0 Å². The van der Waals surface area contributed by atoms with Crippen LogP contribution in [-0.2, 0) is 11.3 Å². The van der Waals surface area contributed by atoms with Gasteiger partial charge in [0.1, 0.15) is 5.82 Å². The average molecular weight is 395 g/mol. The molecule has 2 amide bonds. The van der Waals surface area contributed by atoms with Crippen molar-refractivity contribution in [3.8, 4) is 0 Å². The van der Waals surface area contributed by atoms with Gasteiger partial charge in [0, 0.05) is 12.6 Å². The number of halogens is 2. The van der Waals surface area contributed by atoms with E-state index in [1.807, 2.05) is 0 Å². The Bertz CT molecular complexity index is 758. The average Bonchev–Trinajstić information content (AvgIpc) is 3.30. The van der Waals surface area contributed by atoms with E-state index in [9.17, 15) is 14.0 Å². The first-order chi connectivity index (χ1) is 11.5. The van der Waals surface area contributed by atoms with Gasteiger partial charge in [0.25, 0.3) is 5.91 Å². The van der Waals surface area contributed by atoms with Crippen LogP contribution >= 0.6 is 15.9 Å². The Morgan fingerprint density at radius 1 is 1.29 bits per heavy atom. The molecule has 0 atom stereocenters. The summed E-state index contributed by atoms with van der Waals surface area (Å²) in [4.78, 5) is 26.0. The molecule has 1 saturated carbocycles. The summed E-state index contributed by atoms with van der Waals surface area (Å²) in [6, 6.07) is 9.49. The van der Waals surface area contributed by atoms with Crippen molar-refractivity contribution >= 4 is 27.7 Å². The first-order valence-electron chi connectivity index (χ1n) is 7.60. The highest BCUT2D eigenvalue weighted by atomic mass is 79.9. The van der Waals surface area contributed by atoms with E-state index in [0.29, 0.717) is 11.2 Å². The van der Waals surface area contributed by atoms with Gasteiger partial charge in [-0.2, -0.15) is 0 Å². The van der Waals surface area contributed by atoms with Crippen LogP contribution in [0.15, 0.2) is 45.5 Å². The normalized spacial score (nSPS) is 13.6. The summed E-state index contributed by atoms with van der Waals surface area (Å²) in [6.07, 6.45) is 1.86. The quantitative estimate of drug-likeness (QED) is 0.818. The second kappa shape index (κ2) is 7.17. The van der Waals surface area contributed by atoms with Gasteiger partial charge < -0.3 is 14.6 Å². The van der Waals surface area contributed by atoms with Gasteiger partial charge in [-0.1, -0.05) is 12.1 Å². The molecule has 1 aliphatic rings. The van der Waals surface area contributed by atoms with Crippen LogP contribution in [0.2, 0.25) is 0 Å². The lowest BCUT2D eigenvalue weighted by molar-refractivity contribution is -0.131. The fraction of sp³-hybridized carbons (Fsp3) is 0.294. The van der Waals surface area contributed by atoms with Crippen molar-refractivity contribution in [1.82, 2.24) is 10.2 Å². The summed E-state index contributed by atoms with van der Waals surface area (Å²) in [5.41, 5.74) is 0.733. The molecule has 1 N–H and O–H groups in total. The van der Waals surface area contributed by atoms with E-state index >= 15 is 0 Å². The maximum atomic E-state index is 13.3. The molecule has 0 unspecified atom stereocenters. The highest BCUT2D eigenvalue weighted by molar-refractivity contribution is 9.10. The van der Waals surface area contributed by atoms with E-state index in [-0.39, 0.29) is 30.1 Å². The highest BCUT2D eigenvalue weighted by Crippen LogP contribution is 2.28. The predicted molar refractivity (Wildman–Crippen MR) is 88.7 cm³/mol. The number of hydrogen-bond donors (Lipinski definition) is 1. The molecule has 126 valence electrons. The SMILES string of the molecule is O=C(NCC(=O)N(Cc1cccc(F)c1)C1CC1)c1ccc(Br)o1. The Hall–Kier alpha value is -2.15. The molecule has 0 aliphatic heterocycles. The molecule has 3 rings (SSSR count). The second-order valence-electron chi connectivity index (χ2n) is 5.67. The number of carbonyl (C=O) groups is 2. The minimum Gasteiger partial charge on any atom is -0.444 e. The van der Waals surface area contributed by atoms with Crippen LogP contribution in [0.5, 0.6) is 0 Å². The summed E-state index contributed by atoms with van der Waals surface area (Å²) in [5.74, 6) is -0.832. The Kier molecular flexibility index (Phi) is 4.99. The Morgan fingerprint density at radius 2 is 2.08 bits per heavy atom. The zero-order valence-corrected chi connectivity index (χ0v) is 14.4. The van der Waals surface area contributed by atoms with E-state index in [2.05, 4.69) is 21.2 Å². The Labute approximate surface area is 146 Å². The predicted octanol–water partition coefficient (Wildman–Crippen LogP) is 3.10. The molecular weight excluding hydrogens is 379 g/mol. The van der Waals surface area contributed by atoms with Crippen LogP contribution in [0.3, 0.4) is 0 Å². The number of rotatable bonds is 6. The van der Waals surface area contributed by atoms with Crippen LogP contribution in [0, 0.1) is 5.82 Å². The van der Waals surface area contributed by atoms with Crippen molar-refractivity contribution < 1.29 is 18.4 Å². The lowest BCUT2D eigenvalue weighted by atomic mass is 10.2. The van der Waals surface area contributed by atoms with Crippen molar-refractivity contribution in [1.29, 1.82) is 0 Å². The molecule has 0 saturated heterocycles. The lowest BCUT2D eigenvalue weighted by Crippen LogP contribution is -2.41. The smallest absolute Gasteiger partial charge is 0.287 e. The zero-order valence-electron chi connectivity index (χ0n) is 12.8. The van der Waals surface area contributed by atoms with Gasteiger partial charge in [0.15, 0.2) is 10.4 Å². The van der Waals surface area contributed by atoms with Crippen molar-refractivity contribution in [2.75, 3.05) is 6.54 Å². The van der Waals surface area contributed by atoms with E-state index in [0.717, 1.165) is 18.4 Å². The van der Waals surface area contributed by atoms with E-state index < -0.39 is 5.91 Å². The molecule has 5 nitrogen and oxygen atoms in total. The molecule has 1 aliphatic carbocycles. The van der Waals surface area contributed by atoms with Gasteiger partial charge in [-0.15, -0.1) is 0 Å². The summed E-state index contributed by atoms with van der Waals surface area (Å²) in [7, 11) is 0. The van der Waals surface area contributed by atoms with E-state index in [1.165, 1.54) is 18.2 Å². The lowest BCUT2D eigenvalue weighted by Gasteiger charge is -2.22. The molecule has 0 radical (unpaired) electrons. The molecule has 1 aromatic carbocycles. The molecule has 0 spiro atoms. The Morgan fingerprint density at radius 3 is 2.71 bits per heavy atom. The third-order valence-corrected chi connectivity index (χ3v) is 4.17. The van der Waals surface area contributed by atoms with Gasteiger partial charge in [0.2, 0.25) is 5.91 Å². The van der Waals surface area contributed by atoms with Crippen molar-refractivity contribution in [3.05, 3.63) is 58.2 Å². The number of nitrogens with zero attached hydrogens (tertiary/aromatic N) is 1. The van der Waals surface area contributed by atoms with E-state index in [4.69, 9.17) is 4.42 Å². The number of hydrogen-bond acceptors (Lipinski definition) is 3. The number of amides is 2. The first kappa shape index (κ1) is 16.7. The third kappa shape index (κ3) is 4.23. The topological polar surface area (TPSA) is 62.6 Å². The molecule has 1 aromatic heterocycles. The number of nitrogens with one attached hydrogen (secondary N) is 1. The third-order valence-electron chi connectivity index (χ3n) is 3.75. The van der Waals surface area contributed by atoms with Crippen molar-refractivity contribution in [2.45, 2.75) is 25.4 Å². The number of carbonyl (C=O) groups excluding carboxylic acids is 2. The van der Waals surface area contributed by atoms with Gasteiger partial charge in [0.05, 0.1) is 6.54 Å². The van der Waals surface area contributed by atoms with E-state index in [1.54, 1.807) is 23.1 Å². The minimum atomic E-state index is -0.449. The monoisotopic (exact) mass is 394 g/mol. The highest BCUT2D eigenvalue weighted by Gasteiger charge is 2.32. The van der Waals surface area contributed by atoms with Crippen LogP contribution in [0.4, 0.5) is 4.39 Å². The summed E-state index contributed by atoms with van der Waals surface area (Å²) < 4.78 is 18.9. The van der Waals surface area contributed by atoms with Crippen LogP contribution in [-0.4, -0.2) is 29.3 Å². The summed E-state index contributed by atoms with van der Waals surface area (Å²) in [5, 5.41) is 2.55. The van der Waals surface area contributed by atoms with Gasteiger partial charge in [-0.3, -0.25) is 9.59 Å². The molecule has 1 heterocycles. The zero-order chi connectivity index (χ0) is 17.1. The fourth-order valence-corrected chi connectivity index (χ4v) is 2.73. The molecule has 24 heavy (non-hydrogen) atoms. The van der Waals surface area contributed by atoms with Gasteiger partial charge >= 0.3 is 0 Å². The second-order valence-corrected chi connectivity index (χ2v) is 6.45. The van der Waals surface area contributed by atoms with Crippen molar-refractivity contribution in [2.24, 2.45) is 0 Å². The van der Waals surface area contributed by atoms with Crippen LogP contribution < -0.4 is 5.32 Å². The molecule has 1 fully saturated rings. The minimum absolute atomic E-state index is 0.122. The number of furan rings is 1. The van der Waals surface area contributed by atoms with Gasteiger partial charge in [-0.05, 0) is 58.6 Å². The summed E-state index contributed by atoms with van der Waals surface area (Å²) in [6.45, 7) is 0.215.